The van der Waals surface area contributed by atoms with E-state index >= 15 is 0 Å². The van der Waals surface area contributed by atoms with Crippen LogP contribution in [0, 0.1) is 11.6 Å². The van der Waals surface area contributed by atoms with Crippen molar-refractivity contribution < 1.29 is 8.78 Å². The van der Waals surface area contributed by atoms with Crippen LogP contribution in [0.5, 0.6) is 0 Å². The van der Waals surface area contributed by atoms with Gasteiger partial charge in [0.05, 0.1) is 0 Å². The lowest BCUT2D eigenvalue weighted by molar-refractivity contribution is 0.505. The zero-order valence-corrected chi connectivity index (χ0v) is 9.23. The maximum Gasteiger partial charge on any atom is 0.159 e. The van der Waals surface area contributed by atoms with Crippen LogP contribution in [0.25, 0.3) is 0 Å². The first-order valence-electron chi connectivity index (χ1n) is 4.76. The maximum absolute atomic E-state index is 12.9. The third kappa shape index (κ3) is 1.97. The van der Waals surface area contributed by atoms with Crippen LogP contribution in [0.1, 0.15) is 30.7 Å². The molecule has 2 atom stereocenters. The molecule has 0 saturated heterocycles. The fourth-order valence-corrected chi connectivity index (χ4v) is 2.71. The van der Waals surface area contributed by atoms with Gasteiger partial charge in [-0.05, 0) is 42.9 Å². The molecule has 0 heterocycles. The summed E-state index contributed by atoms with van der Waals surface area (Å²) in [6.45, 7) is 0. The lowest BCUT2D eigenvalue weighted by Gasteiger charge is -2.09. The van der Waals surface area contributed by atoms with Crippen LogP contribution in [0.15, 0.2) is 18.2 Å². The van der Waals surface area contributed by atoms with Crippen molar-refractivity contribution in [2.24, 2.45) is 0 Å². The maximum atomic E-state index is 12.9. The highest BCUT2D eigenvalue weighted by atomic mass is 79.9. The summed E-state index contributed by atoms with van der Waals surface area (Å²) >= 11 is 3.54. The normalized spacial score (nSPS) is 26.8. The van der Waals surface area contributed by atoms with E-state index in [9.17, 15) is 8.78 Å². The standard InChI is InChI=1S/C11H11BrF2/c12-9-3-1-7(5-9)8-2-4-10(13)11(14)6-8/h2,4,6-7,9H,1,3,5H2. The molecule has 0 aromatic heterocycles. The summed E-state index contributed by atoms with van der Waals surface area (Å²) in [7, 11) is 0. The Morgan fingerprint density at radius 3 is 2.50 bits per heavy atom. The lowest BCUT2D eigenvalue weighted by atomic mass is 9.98. The Kier molecular flexibility index (Phi) is 2.86. The van der Waals surface area contributed by atoms with Crippen LogP contribution >= 0.6 is 15.9 Å². The second-order valence-corrected chi connectivity index (χ2v) is 5.08. The number of rotatable bonds is 1. The SMILES string of the molecule is Fc1ccc(C2CCC(Br)C2)cc1F. The molecule has 1 aromatic rings. The van der Waals surface area contributed by atoms with Gasteiger partial charge in [-0.1, -0.05) is 22.0 Å². The molecule has 2 unspecified atom stereocenters. The Balaban J connectivity index is 2.20. The molecular weight excluding hydrogens is 250 g/mol. The number of hydrogen-bond donors (Lipinski definition) is 0. The van der Waals surface area contributed by atoms with Crippen molar-refractivity contribution in [1.82, 2.24) is 0 Å². The molecule has 0 spiro atoms. The first-order chi connectivity index (χ1) is 6.66. The van der Waals surface area contributed by atoms with Crippen LogP contribution < -0.4 is 0 Å². The van der Waals surface area contributed by atoms with E-state index in [-0.39, 0.29) is 0 Å². The molecule has 1 aliphatic carbocycles. The molecule has 2 rings (SSSR count). The first kappa shape index (κ1) is 10.1. The molecule has 0 nitrogen and oxygen atoms in total. The van der Waals surface area contributed by atoms with Gasteiger partial charge in [0.15, 0.2) is 11.6 Å². The fraction of sp³-hybridized carbons (Fsp3) is 0.455. The van der Waals surface area contributed by atoms with E-state index in [1.807, 2.05) is 0 Å². The summed E-state index contributed by atoms with van der Waals surface area (Å²) in [5, 5.41) is 0. The molecule has 14 heavy (non-hydrogen) atoms. The largest absolute Gasteiger partial charge is 0.204 e. The smallest absolute Gasteiger partial charge is 0.159 e. The Bertz CT molecular complexity index is 338. The van der Waals surface area contributed by atoms with Gasteiger partial charge in [-0.25, -0.2) is 8.78 Å². The molecule has 1 fully saturated rings. The van der Waals surface area contributed by atoms with Gasteiger partial charge in [-0.15, -0.1) is 0 Å². The zero-order chi connectivity index (χ0) is 10.1. The second-order valence-electron chi connectivity index (χ2n) is 3.78. The Hall–Kier alpha value is -0.440. The van der Waals surface area contributed by atoms with Crippen LogP contribution in [0.4, 0.5) is 8.78 Å². The van der Waals surface area contributed by atoms with E-state index in [2.05, 4.69) is 15.9 Å². The molecule has 1 saturated carbocycles. The van der Waals surface area contributed by atoms with Gasteiger partial charge in [0.25, 0.3) is 0 Å². The highest BCUT2D eigenvalue weighted by molar-refractivity contribution is 9.09. The molecule has 0 aliphatic heterocycles. The second kappa shape index (κ2) is 3.97. The molecule has 0 radical (unpaired) electrons. The number of alkyl halides is 1. The van der Waals surface area contributed by atoms with Crippen LogP contribution in [-0.4, -0.2) is 4.83 Å². The van der Waals surface area contributed by atoms with Crippen molar-refractivity contribution in [2.45, 2.75) is 30.0 Å². The molecule has 0 amide bonds. The van der Waals surface area contributed by atoms with Gasteiger partial charge >= 0.3 is 0 Å². The van der Waals surface area contributed by atoms with E-state index < -0.39 is 11.6 Å². The van der Waals surface area contributed by atoms with E-state index in [1.165, 1.54) is 12.1 Å². The van der Waals surface area contributed by atoms with E-state index in [1.54, 1.807) is 6.07 Å². The van der Waals surface area contributed by atoms with Crippen LogP contribution in [-0.2, 0) is 0 Å². The highest BCUT2D eigenvalue weighted by Gasteiger charge is 2.24. The average Bonchev–Trinajstić information content (AvgIpc) is 2.57. The van der Waals surface area contributed by atoms with Gasteiger partial charge in [-0.3, -0.25) is 0 Å². The summed E-state index contributed by atoms with van der Waals surface area (Å²) in [6.07, 6.45) is 3.19. The van der Waals surface area contributed by atoms with Crippen molar-refractivity contribution in [3.8, 4) is 0 Å². The number of halogens is 3. The Morgan fingerprint density at radius 2 is 1.93 bits per heavy atom. The molecular formula is C11H11BrF2. The van der Waals surface area contributed by atoms with Crippen LogP contribution in [0.2, 0.25) is 0 Å². The van der Waals surface area contributed by atoms with Crippen molar-refractivity contribution in [1.29, 1.82) is 0 Å². The van der Waals surface area contributed by atoms with Gasteiger partial charge in [0.2, 0.25) is 0 Å². The summed E-state index contributed by atoms with van der Waals surface area (Å²) in [5.74, 6) is -1.11. The van der Waals surface area contributed by atoms with E-state index in [0.29, 0.717) is 10.7 Å². The number of benzene rings is 1. The first-order valence-corrected chi connectivity index (χ1v) is 5.67. The van der Waals surface area contributed by atoms with Gasteiger partial charge in [-0.2, -0.15) is 0 Å². The molecule has 0 bridgehead atoms. The topological polar surface area (TPSA) is 0 Å². The minimum absolute atomic E-state index is 0.384. The predicted molar refractivity (Wildman–Crippen MR) is 55.7 cm³/mol. The molecule has 76 valence electrons. The summed E-state index contributed by atoms with van der Waals surface area (Å²) in [5.41, 5.74) is 0.922. The van der Waals surface area contributed by atoms with Gasteiger partial charge in [0, 0.05) is 4.83 Å². The third-order valence-electron chi connectivity index (χ3n) is 2.78. The quantitative estimate of drug-likeness (QED) is 0.670. The minimum Gasteiger partial charge on any atom is -0.204 e. The lowest BCUT2D eigenvalue weighted by Crippen LogP contribution is -1.96. The average molecular weight is 261 g/mol. The zero-order valence-electron chi connectivity index (χ0n) is 7.64. The van der Waals surface area contributed by atoms with Gasteiger partial charge in [0.1, 0.15) is 0 Å². The van der Waals surface area contributed by atoms with Crippen molar-refractivity contribution in [2.75, 3.05) is 0 Å². The van der Waals surface area contributed by atoms with Crippen molar-refractivity contribution >= 4 is 15.9 Å². The highest BCUT2D eigenvalue weighted by Crippen LogP contribution is 2.38. The summed E-state index contributed by atoms with van der Waals surface area (Å²) < 4.78 is 25.6. The number of hydrogen-bond acceptors (Lipinski definition) is 0. The van der Waals surface area contributed by atoms with Crippen molar-refractivity contribution in [3.63, 3.8) is 0 Å². The monoisotopic (exact) mass is 260 g/mol. The fourth-order valence-electron chi connectivity index (χ4n) is 2.00. The predicted octanol–water partition coefficient (Wildman–Crippen LogP) is 4.00. The van der Waals surface area contributed by atoms with Crippen LogP contribution in [0.3, 0.4) is 0 Å². The summed E-state index contributed by atoms with van der Waals surface area (Å²) in [6, 6.07) is 4.23. The third-order valence-corrected chi connectivity index (χ3v) is 3.62. The van der Waals surface area contributed by atoms with Gasteiger partial charge < -0.3 is 0 Å². The molecule has 1 aliphatic rings. The minimum atomic E-state index is -0.762. The van der Waals surface area contributed by atoms with E-state index in [4.69, 9.17) is 0 Å². The summed E-state index contributed by atoms with van der Waals surface area (Å²) in [4.78, 5) is 0.528. The van der Waals surface area contributed by atoms with Crippen molar-refractivity contribution in [3.05, 3.63) is 35.4 Å². The van der Waals surface area contributed by atoms with E-state index in [0.717, 1.165) is 24.8 Å². The molecule has 3 heteroatoms. The molecule has 0 N–H and O–H groups in total. The molecule has 1 aromatic carbocycles. The Morgan fingerprint density at radius 1 is 1.14 bits per heavy atom. The Labute approximate surface area is 90.4 Å².